The Morgan fingerprint density at radius 1 is 1.50 bits per heavy atom. The molecule has 6 heteroatoms. The zero-order valence-corrected chi connectivity index (χ0v) is 6.35. The lowest BCUT2D eigenvalue weighted by Gasteiger charge is -2.46. The quantitative estimate of drug-likeness (QED) is 0.580. The van der Waals surface area contributed by atoms with Gasteiger partial charge in [-0.3, -0.25) is 4.79 Å². The molecule has 0 spiro atoms. The van der Waals surface area contributed by atoms with Crippen LogP contribution >= 0.6 is 0 Å². The molecule has 1 aliphatic rings. The van der Waals surface area contributed by atoms with Crippen LogP contribution in [-0.2, 0) is 4.79 Å². The highest BCUT2D eigenvalue weighted by Crippen LogP contribution is 2.37. The summed E-state index contributed by atoms with van der Waals surface area (Å²) >= 11 is 0. The molecule has 0 atom stereocenters. The van der Waals surface area contributed by atoms with Crippen molar-refractivity contribution >= 4 is 5.91 Å². The number of hydrogen-bond acceptors (Lipinski definition) is 2. The van der Waals surface area contributed by atoms with Crippen molar-refractivity contribution in [3.63, 3.8) is 0 Å². The molecule has 0 aromatic rings. The molecule has 1 amide bonds. The van der Waals surface area contributed by atoms with Gasteiger partial charge < -0.3 is 10.0 Å². The second-order valence-electron chi connectivity index (χ2n) is 2.90. The number of aliphatic hydroxyl groups is 1. The number of alkyl halides is 3. The molecule has 0 aromatic heterocycles. The minimum Gasteiger partial charge on any atom is -0.378 e. The number of β-amino-alcohol motifs (C(OH)–C–C–N with tert-alkyl or cyclic N) is 1. The standard InChI is InChI=1S/C6H8F3NO2/c1-4(11)10-2-5(12,3-10)6(7,8)9/h12H,2-3H2,1H3. The number of carbonyl (C=O) groups is 1. The first-order valence-corrected chi connectivity index (χ1v) is 3.31. The van der Waals surface area contributed by atoms with E-state index >= 15 is 0 Å². The Bertz CT molecular complexity index is 207. The molecular formula is C6H8F3NO2. The summed E-state index contributed by atoms with van der Waals surface area (Å²) in [6.45, 7) is -0.131. The first-order valence-electron chi connectivity index (χ1n) is 3.31. The van der Waals surface area contributed by atoms with Gasteiger partial charge in [0.1, 0.15) is 0 Å². The lowest BCUT2D eigenvalue weighted by Crippen LogP contribution is -2.69. The van der Waals surface area contributed by atoms with Crippen molar-refractivity contribution in [3.05, 3.63) is 0 Å². The van der Waals surface area contributed by atoms with Gasteiger partial charge in [0.05, 0.1) is 13.1 Å². The first kappa shape index (κ1) is 9.31. The molecule has 1 N–H and O–H groups in total. The molecule has 1 aliphatic heterocycles. The largest absolute Gasteiger partial charge is 0.420 e. The normalized spacial score (nSPS) is 21.9. The van der Waals surface area contributed by atoms with Gasteiger partial charge in [0, 0.05) is 6.92 Å². The van der Waals surface area contributed by atoms with Crippen molar-refractivity contribution in [3.8, 4) is 0 Å². The number of halogens is 3. The third kappa shape index (κ3) is 1.26. The Kier molecular flexibility index (Phi) is 1.82. The van der Waals surface area contributed by atoms with Crippen LogP contribution in [-0.4, -0.2) is 40.8 Å². The summed E-state index contributed by atoms with van der Waals surface area (Å²) in [7, 11) is 0. The van der Waals surface area contributed by atoms with Gasteiger partial charge in [-0.15, -0.1) is 0 Å². The van der Waals surface area contributed by atoms with E-state index in [0.717, 1.165) is 11.8 Å². The molecule has 1 fully saturated rings. The zero-order valence-electron chi connectivity index (χ0n) is 6.35. The highest BCUT2D eigenvalue weighted by molar-refractivity contribution is 5.74. The maximum absolute atomic E-state index is 11.9. The molecule has 1 saturated heterocycles. The number of carbonyl (C=O) groups excluding carboxylic acids is 1. The van der Waals surface area contributed by atoms with E-state index in [2.05, 4.69) is 0 Å². The van der Waals surface area contributed by atoms with Crippen LogP contribution in [0.3, 0.4) is 0 Å². The van der Waals surface area contributed by atoms with Crippen molar-refractivity contribution in [1.29, 1.82) is 0 Å². The molecule has 0 radical (unpaired) electrons. The predicted molar refractivity (Wildman–Crippen MR) is 33.3 cm³/mol. The van der Waals surface area contributed by atoms with Crippen LogP contribution in [0.4, 0.5) is 13.2 Å². The van der Waals surface area contributed by atoms with Crippen molar-refractivity contribution in [2.24, 2.45) is 0 Å². The number of amides is 1. The Labute approximate surface area is 66.8 Å². The van der Waals surface area contributed by atoms with E-state index in [-0.39, 0.29) is 0 Å². The van der Waals surface area contributed by atoms with Crippen LogP contribution in [0.25, 0.3) is 0 Å². The topological polar surface area (TPSA) is 40.5 Å². The maximum atomic E-state index is 11.9. The minimum atomic E-state index is -4.64. The fraction of sp³-hybridized carbons (Fsp3) is 0.833. The second kappa shape index (κ2) is 2.35. The fourth-order valence-corrected chi connectivity index (χ4v) is 0.987. The van der Waals surface area contributed by atoms with E-state index in [1.807, 2.05) is 0 Å². The Balaban J connectivity index is 2.57. The summed E-state index contributed by atoms with van der Waals surface area (Å²) in [6, 6.07) is 0. The molecule has 12 heavy (non-hydrogen) atoms. The van der Waals surface area contributed by atoms with E-state index in [1.165, 1.54) is 0 Å². The average Bonchev–Trinajstić information content (AvgIpc) is 1.77. The van der Waals surface area contributed by atoms with Crippen molar-refractivity contribution < 1.29 is 23.1 Å². The Morgan fingerprint density at radius 2 is 1.92 bits per heavy atom. The lowest BCUT2D eigenvalue weighted by atomic mass is 9.93. The van der Waals surface area contributed by atoms with Crippen molar-refractivity contribution in [2.45, 2.75) is 18.7 Å². The monoisotopic (exact) mass is 183 g/mol. The van der Waals surface area contributed by atoms with Gasteiger partial charge in [-0.2, -0.15) is 13.2 Å². The van der Waals surface area contributed by atoms with Crippen LogP contribution in [0.1, 0.15) is 6.92 Å². The highest BCUT2D eigenvalue weighted by atomic mass is 19.4. The van der Waals surface area contributed by atoms with Gasteiger partial charge >= 0.3 is 6.18 Å². The van der Waals surface area contributed by atoms with Crippen LogP contribution in [0, 0.1) is 0 Å². The van der Waals surface area contributed by atoms with E-state index in [9.17, 15) is 18.0 Å². The first-order chi connectivity index (χ1) is 5.26. The highest BCUT2D eigenvalue weighted by Gasteiger charge is 2.61. The van der Waals surface area contributed by atoms with Gasteiger partial charge in [0.15, 0.2) is 5.60 Å². The molecule has 1 rings (SSSR count). The molecule has 3 nitrogen and oxygen atoms in total. The molecule has 70 valence electrons. The fourth-order valence-electron chi connectivity index (χ4n) is 0.987. The molecule has 0 unspecified atom stereocenters. The van der Waals surface area contributed by atoms with E-state index in [0.29, 0.717) is 0 Å². The van der Waals surface area contributed by atoms with Gasteiger partial charge in [-0.1, -0.05) is 0 Å². The van der Waals surface area contributed by atoms with Gasteiger partial charge in [0.25, 0.3) is 0 Å². The molecule has 0 aliphatic carbocycles. The summed E-state index contributed by atoms with van der Waals surface area (Å²) in [6.07, 6.45) is -4.64. The molecule has 0 aromatic carbocycles. The molecular weight excluding hydrogens is 175 g/mol. The van der Waals surface area contributed by atoms with Crippen LogP contribution in [0.15, 0.2) is 0 Å². The smallest absolute Gasteiger partial charge is 0.378 e. The lowest BCUT2D eigenvalue weighted by molar-refractivity contribution is -0.297. The number of likely N-dealkylation sites (tertiary alicyclic amines) is 1. The molecule has 0 saturated carbocycles. The molecule has 1 heterocycles. The number of hydrogen-bond donors (Lipinski definition) is 1. The van der Waals surface area contributed by atoms with E-state index in [1.54, 1.807) is 0 Å². The Morgan fingerprint density at radius 3 is 2.17 bits per heavy atom. The Hall–Kier alpha value is -0.780. The van der Waals surface area contributed by atoms with Crippen LogP contribution in [0.2, 0.25) is 0 Å². The summed E-state index contributed by atoms with van der Waals surface area (Å²) < 4.78 is 35.8. The second-order valence-corrected chi connectivity index (χ2v) is 2.90. The summed E-state index contributed by atoms with van der Waals surface area (Å²) in [5, 5.41) is 8.85. The van der Waals surface area contributed by atoms with Crippen LogP contribution < -0.4 is 0 Å². The van der Waals surface area contributed by atoms with Crippen LogP contribution in [0.5, 0.6) is 0 Å². The van der Waals surface area contributed by atoms with Gasteiger partial charge in [-0.25, -0.2) is 0 Å². The predicted octanol–water partition coefficient (Wildman–Crippen LogP) is 0.142. The summed E-state index contributed by atoms with van der Waals surface area (Å²) in [5.41, 5.74) is -2.68. The average molecular weight is 183 g/mol. The maximum Gasteiger partial charge on any atom is 0.420 e. The summed E-state index contributed by atoms with van der Waals surface area (Å²) in [5.74, 6) is -0.455. The van der Waals surface area contributed by atoms with E-state index in [4.69, 9.17) is 5.11 Å². The van der Waals surface area contributed by atoms with E-state index < -0.39 is 30.8 Å². The number of nitrogens with zero attached hydrogens (tertiary/aromatic N) is 1. The SMILES string of the molecule is CC(=O)N1CC(O)(C(F)(F)F)C1. The third-order valence-electron chi connectivity index (χ3n) is 1.88. The third-order valence-corrected chi connectivity index (χ3v) is 1.88. The minimum absolute atomic E-state index is 0.455. The van der Waals surface area contributed by atoms with Crippen molar-refractivity contribution in [2.75, 3.05) is 13.1 Å². The van der Waals surface area contributed by atoms with Gasteiger partial charge in [0.2, 0.25) is 5.91 Å². The van der Waals surface area contributed by atoms with Crippen molar-refractivity contribution in [1.82, 2.24) is 4.90 Å². The number of rotatable bonds is 0. The van der Waals surface area contributed by atoms with Gasteiger partial charge in [-0.05, 0) is 0 Å². The zero-order chi connectivity index (χ0) is 9.57. The molecule has 0 bridgehead atoms. The summed E-state index contributed by atoms with van der Waals surface area (Å²) in [4.78, 5) is 11.4.